The van der Waals surface area contributed by atoms with Crippen LogP contribution in [0.1, 0.15) is 35.0 Å². The first-order valence-corrected chi connectivity index (χ1v) is 11.6. The first-order valence-electron chi connectivity index (χ1n) is 10.9. The van der Waals surface area contributed by atoms with Gasteiger partial charge in [-0.15, -0.1) is 0 Å². The third-order valence-electron chi connectivity index (χ3n) is 7.02. The van der Waals surface area contributed by atoms with Gasteiger partial charge in [0, 0.05) is 11.3 Å². The Morgan fingerprint density at radius 2 is 1.65 bits per heavy atom. The summed E-state index contributed by atoms with van der Waals surface area (Å²) < 4.78 is 12.3. The summed E-state index contributed by atoms with van der Waals surface area (Å²) in [5.41, 5.74) is 1.10. The molecule has 0 aromatic heterocycles. The molecular weight excluding hydrogens is 477 g/mol. The molecule has 2 heterocycles. The lowest BCUT2D eigenvalue weighted by Gasteiger charge is -2.30. The second kappa shape index (κ2) is 7.82. The maximum Gasteiger partial charge on any atom is 0.313 e. The van der Waals surface area contributed by atoms with E-state index in [1.807, 2.05) is 48.5 Å². The van der Waals surface area contributed by atoms with Crippen LogP contribution in [0.2, 0.25) is 10.0 Å². The number of anilines is 1. The Balaban J connectivity index is 1.45. The summed E-state index contributed by atoms with van der Waals surface area (Å²) in [5.74, 6) is -2.95. The minimum atomic E-state index is -1.40. The van der Waals surface area contributed by atoms with Crippen molar-refractivity contribution in [1.82, 2.24) is 0 Å². The molecule has 1 aliphatic carbocycles. The van der Waals surface area contributed by atoms with E-state index in [0.29, 0.717) is 26.9 Å². The molecule has 3 aliphatic rings. The van der Waals surface area contributed by atoms with Crippen LogP contribution in [0.5, 0.6) is 0 Å². The summed E-state index contributed by atoms with van der Waals surface area (Å²) in [6, 6.07) is 21.2. The van der Waals surface area contributed by atoms with Crippen molar-refractivity contribution in [1.29, 1.82) is 0 Å². The van der Waals surface area contributed by atoms with E-state index in [4.69, 9.17) is 32.7 Å². The maximum absolute atomic E-state index is 13.7. The topological polar surface area (TPSA) is 84.9 Å². The minimum absolute atomic E-state index is 0.292. The number of rotatable bonds is 3. The summed E-state index contributed by atoms with van der Waals surface area (Å²) in [6.07, 6.45) is -2.70. The van der Waals surface area contributed by atoms with Crippen molar-refractivity contribution in [2.24, 2.45) is 11.8 Å². The molecule has 8 heteroatoms. The highest BCUT2D eigenvalue weighted by molar-refractivity contribution is 6.42. The van der Waals surface area contributed by atoms with Crippen molar-refractivity contribution >= 4 is 40.8 Å². The van der Waals surface area contributed by atoms with Crippen LogP contribution >= 0.6 is 23.2 Å². The molecule has 1 spiro atoms. The van der Waals surface area contributed by atoms with E-state index < -0.39 is 47.6 Å². The Bertz CT molecular complexity index is 1320. The average Bonchev–Trinajstić information content (AvgIpc) is 3.42. The Labute approximate surface area is 205 Å². The highest BCUT2D eigenvalue weighted by Crippen LogP contribution is 2.67. The third-order valence-corrected chi connectivity index (χ3v) is 7.76. The van der Waals surface area contributed by atoms with Crippen molar-refractivity contribution in [3.05, 3.63) is 99.5 Å². The van der Waals surface area contributed by atoms with Crippen molar-refractivity contribution in [3.63, 3.8) is 0 Å². The van der Waals surface area contributed by atoms with Gasteiger partial charge in [-0.2, -0.15) is 0 Å². The molecule has 2 saturated heterocycles. The SMILES string of the molecule is O=C(Nc1ccc(Cl)c(Cl)c1)[C@H]1[C@H]2C(=O)OC3c4ccccc4C(O)[C@]32O[C@H]1c1ccccc1. The molecule has 0 radical (unpaired) electrons. The second-order valence-corrected chi connectivity index (χ2v) is 9.59. The lowest BCUT2D eigenvalue weighted by Crippen LogP contribution is -2.43. The zero-order valence-electron chi connectivity index (χ0n) is 17.7. The van der Waals surface area contributed by atoms with Gasteiger partial charge in [-0.3, -0.25) is 9.59 Å². The zero-order valence-corrected chi connectivity index (χ0v) is 19.2. The van der Waals surface area contributed by atoms with Gasteiger partial charge in [0.25, 0.3) is 0 Å². The molecule has 0 bridgehead atoms. The van der Waals surface area contributed by atoms with Crippen LogP contribution < -0.4 is 5.32 Å². The standard InChI is InChI=1S/C26H19Cl2NO5/c27-17-11-10-14(12-18(17)28)29-24(31)19-20-25(32)33-23-16-9-5-4-8-15(16)22(30)26(20,23)34-21(19)13-6-2-1-3-7-13/h1-12,19-23,30H,(H,29,31)/t19-,20-,21-,22?,23?,26-/m0/s1. The van der Waals surface area contributed by atoms with Gasteiger partial charge >= 0.3 is 5.97 Å². The van der Waals surface area contributed by atoms with E-state index in [2.05, 4.69) is 5.32 Å². The molecule has 0 saturated carbocycles. The van der Waals surface area contributed by atoms with Gasteiger partial charge in [0.05, 0.1) is 22.1 Å². The number of carbonyl (C=O) groups excluding carboxylic acids is 2. The number of aliphatic hydroxyl groups is 1. The molecule has 2 unspecified atom stereocenters. The monoisotopic (exact) mass is 495 g/mol. The van der Waals surface area contributed by atoms with Crippen LogP contribution in [-0.4, -0.2) is 22.6 Å². The van der Waals surface area contributed by atoms with Crippen molar-refractivity contribution in [2.45, 2.75) is 23.9 Å². The molecule has 2 aliphatic heterocycles. The largest absolute Gasteiger partial charge is 0.454 e. The predicted octanol–water partition coefficient (Wildman–Crippen LogP) is 5.02. The average molecular weight is 496 g/mol. The highest BCUT2D eigenvalue weighted by Gasteiger charge is 2.75. The van der Waals surface area contributed by atoms with Crippen LogP contribution in [0, 0.1) is 11.8 Å². The number of fused-ring (bicyclic) bond motifs is 2. The molecule has 6 atom stereocenters. The summed E-state index contributed by atoms with van der Waals surface area (Å²) in [7, 11) is 0. The minimum Gasteiger partial charge on any atom is -0.454 e. The van der Waals surface area contributed by atoms with Crippen LogP contribution in [-0.2, 0) is 19.1 Å². The van der Waals surface area contributed by atoms with E-state index in [0.717, 1.165) is 5.56 Å². The fourth-order valence-electron chi connectivity index (χ4n) is 5.59. The van der Waals surface area contributed by atoms with Gasteiger partial charge in [-0.25, -0.2) is 0 Å². The summed E-state index contributed by atoms with van der Waals surface area (Å²) >= 11 is 12.1. The number of halogens is 2. The maximum atomic E-state index is 13.7. The van der Waals surface area contributed by atoms with Gasteiger partial charge in [0.2, 0.25) is 5.91 Å². The molecule has 6 rings (SSSR count). The smallest absolute Gasteiger partial charge is 0.313 e. The number of amides is 1. The molecule has 2 N–H and O–H groups in total. The van der Waals surface area contributed by atoms with Crippen LogP contribution in [0.25, 0.3) is 0 Å². The van der Waals surface area contributed by atoms with Crippen LogP contribution in [0.15, 0.2) is 72.8 Å². The lowest BCUT2D eigenvalue weighted by molar-refractivity contribution is -0.161. The van der Waals surface area contributed by atoms with E-state index in [1.54, 1.807) is 24.3 Å². The quantitative estimate of drug-likeness (QED) is 0.498. The van der Waals surface area contributed by atoms with E-state index >= 15 is 0 Å². The number of benzene rings is 3. The molecule has 34 heavy (non-hydrogen) atoms. The van der Waals surface area contributed by atoms with Crippen molar-refractivity contribution in [3.8, 4) is 0 Å². The first-order chi connectivity index (χ1) is 16.4. The van der Waals surface area contributed by atoms with E-state index in [9.17, 15) is 14.7 Å². The summed E-state index contributed by atoms with van der Waals surface area (Å²) in [6.45, 7) is 0. The Morgan fingerprint density at radius 1 is 0.941 bits per heavy atom. The number of carbonyl (C=O) groups is 2. The summed E-state index contributed by atoms with van der Waals surface area (Å²) in [4.78, 5) is 26.9. The lowest BCUT2D eigenvalue weighted by atomic mass is 9.76. The third kappa shape index (κ3) is 2.96. The van der Waals surface area contributed by atoms with Gasteiger partial charge in [-0.1, -0.05) is 77.8 Å². The Hall–Kier alpha value is -2.90. The Kier molecular flexibility index (Phi) is 4.97. The number of ether oxygens (including phenoxy) is 2. The number of aliphatic hydroxyl groups excluding tert-OH is 1. The normalized spacial score (nSPS) is 30.9. The number of hydrogen-bond donors (Lipinski definition) is 2. The van der Waals surface area contributed by atoms with Gasteiger partial charge in [0.1, 0.15) is 12.0 Å². The van der Waals surface area contributed by atoms with Gasteiger partial charge in [0.15, 0.2) is 11.7 Å². The van der Waals surface area contributed by atoms with E-state index in [-0.39, 0.29) is 0 Å². The molecule has 172 valence electrons. The number of hydrogen-bond acceptors (Lipinski definition) is 5. The summed E-state index contributed by atoms with van der Waals surface area (Å²) in [5, 5.41) is 14.9. The van der Waals surface area contributed by atoms with Crippen LogP contribution in [0.3, 0.4) is 0 Å². The molecule has 6 nitrogen and oxygen atoms in total. The first kappa shape index (κ1) is 21.6. The van der Waals surface area contributed by atoms with Gasteiger partial charge in [-0.05, 0) is 29.3 Å². The van der Waals surface area contributed by atoms with Crippen molar-refractivity contribution < 1.29 is 24.2 Å². The van der Waals surface area contributed by atoms with Crippen molar-refractivity contribution in [2.75, 3.05) is 5.32 Å². The van der Waals surface area contributed by atoms with Crippen LogP contribution in [0.4, 0.5) is 5.69 Å². The molecule has 3 aromatic rings. The molecular formula is C26H19Cl2NO5. The Morgan fingerprint density at radius 3 is 2.38 bits per heavy atom. The molecule has 3 aromatic carbocycles. The zero-order chi connectivity index (χ0) is 23.6. The second-order valence-electron chi connectivity index (χ2n) is 8.77. The van der Waals surface area contributed by atoms with E-state index in [1.165, 1.54) is 0 Å². The predicted molar refractivity (Wildman–Crippen MR) is 125 cm³/mol. The highest BCUT2D eigenvalue weighted by atomic mass is 35.5. The molecule has 1 amide bonds. The fraction of sp³-hybridized carbons (Fsp3) is 0.231. The number of nitrogens with one attached hydrogen (secondary N) is 1. The fourth-order valence-corrected chi connectivity index (χ4v) is 5.89. The number of esters is 1. The van der Waals surface area contributed by atoms with Gasteiger partial charge < -0.3 is 19.9 Å². The molecule has 2 fully saturated rings.